The van der Waals surface area contributed by atoms with Gasteiger partial charge >= 0.3 is 0 Å². The first-order chi connectivity index (χ1) is 17.9. The molecule has 1 N–H and O–H groups in total. The van der Waals surface area contributed by atoms with E-state index in [-0.39, 0.29) is 24.4 Å². The second-order valence-electron chi connectivity index (χ2n) is 10.2. The summed E-state index contributed by atoms with van der Waals surface area (Å²) in [6, 6.07) is 11.4. The second kappa shape index (κ2) is 13.2. The van der Waals surface area contributed by atoms with Crippen LogP contribution < -0.4 is 9.62 Å². The first-order valence-corrected chi connectivity index (χ1v) is 15.6. The molecule has 1 aliphatic rings. The lowest BCUT2D eigenvalue weighted by atomic mass is 10.0. The Morgan fingerprint density at radius 2 is 1.68 bits per heavy atom. The number of rotatable bonds is 11. The Balaban J connectivity index is 1.94. The summed E-state index contributed by atoms with van der Waals surface area (Å²) in [7, 11) is -3.80. The molecule has 0 spiro atoms. The molecular weight excluding hydrogens is 545 g/mol. The molecule has 38 heavy (non-hydrogen) atoms. The highest BCUT2D eigenvalue weighted by Gasteiger charge is 2.33. The Kier molecular flexibility index (Phi) is 10.5. The molecule has 0 bridgehead atoms. The molecule has 208 valence electrons. The van der Waals surface area contributed by atoms with Crippen LogP contribution in [-0.2, 0) is 26.2 Å². The van der Waals surface area contributed by atoms with E-state index in [9.17, 15) is 18.0 Å². The quantitative estimate of drug-likeness (QED) is 0.366. The van der Waals surface area contributed by atoms with Crippen molar-refractivity contribution in [1.29, 1.82) is 0 Å². The van der Waals surface area contributed by atoms with Gasteiger partial charge in [0.05, 0.1) is 11.9 Å². The average Bonchev–Trinajstić information content (AvgIpc) is 3.36. The lowest BCUT2D eigenvalue weighted by molar-refractivity contribution is -0.140. The number of hydrogen-bond donors (Lipinski definition) is 1. The Morgan fingerprint density at radius 3 is 2.21 bits per heavy atom. The lowest BCUT2D eigenvalue weighted by Gasteiger charge is -2.33. The van der Waals surface area contributed by atoms with Crippen LogP contribution in [0.15, 0.2) is 42.5 Å². The van der Waals surface area contributed by atoms with Crippen molar-refractivity contribution in [3.8, 4) is 0 Å². The third kappa shape index (κ3) is 7.87. The van der Waals surface area contributed by atoms with Gasteiger partial charge in [0, 0.05) is 22.6 Å². The van der Waals surface area contributed by atoms with E-state index in [1.807, 2.05) is 32.9 Å². The summed E-state index contributed by atoms with van der Waals surface area (Å²) in [5.41, 5.74) is 2.06. The largest absolute Gasteiger partial charge is 0.352 e. The summed E-state index contributed by atoms with van der Waals surface area (Å²) in [5.74, 6) is -0.464. The molecule has 2 amide bonds. The van der Waals surface area contributed by atoms with Crippen LogP contribution in [0.3, 0.4) is 0 Å². The molecule has 0 aliphatic heterocycles. The molecule has 7 nitrogen and oxygen atoms in total. The summed E-state index contributed by atoms with van der Waals surface area (Å²) in [4.78, 5) is 28.6. The van der Waals surface area contributed by atoms with E-state index in [0.29, 0.717) is 27.7 Å². The van der Waals surface area contributed by atoms with Gasteiger partial charge in [0.2, 0.25) is 21.8 Å². The smallest absolute Gasteiger partial charge is 0.244 e. The van der Waals surface area contributed by atoms with Gasteiger partial charge in [0.15, 0.2) is 0 Å². The molecule has 0 saturated heterocycles. The number of halogens is 2. The summed E-state index contributed by atoms with van der Waals surface area (Å²) in [6.07, 6.45) is 5.37. The van der Waals surface area contributed by atoms with Crippen LogP contribution >= 0.6 is 23.2 Å². The molecule has 1 fully saturated rings. The molecule has 1 saturated carbocycles. The van der Waals surface area contributed by atoms with E-state index in [2.05, 4.69) is 5.32 Å². The van der Waals surface area contributed by atoms with Crippen molar-refractivity contribution < 1.29 is 18.0 Å². The minimum atomic E-state index is -3.80. The minimum Gasteiger partial charge on any atom is -0.352 e. The van der Waals surface area contributed by atoms with E-state index in [1.165, 1.54) is 4.90 Å². The maximum absolute atomic E-state index is 13.8. The molecule has 10 heteroatoms. The lowest BCUT2D eigenvalue weighted by Crippen LogP contribution is -2.53. The van der Waals surface area contributed by atoms with Crippen LogP contribution in [0.4, 0.5) is 5.69 Å². The SMILES string of the molecule is CC[C@H](C(=O)NC1CCCC1)N(Cc1ccc(Cl)cc1Cl)C(=O)CN(c1ccc(C(C)C)cc1)S(C)(=O)=O. The minimum absolute atomic E-state index is 0.0370. The first-order valence-electron chi connectivity index (χ1n) is 13.0. The van der Waals surface area contributed by atoms with Crippen LogP contribution in [0.5, 0.6) is 0 Å². The van der Waals surface area contributed by atoms with Crippen molar-refractivity contribution in [1.82, 2.24) is 10.2 Å². The zero-order chi connectivity index (χ0) is 28.0. The van der Waals surface area contributed by atoms with Crippen LogP contribution in [-0.4, -0.2) is 50.0 Å². The highest BCUT2D eigenvalue weighted by molar-refractivity contribution is 7.92. The van der Waals surface area contributed by atoms with Gasteiger partial charge in [-0.2, -0.15) is 0 Å². The Hall–Kier alpha value is -2.29. The molecule has 0 heterocycles. The number of benzene rings is 2. The Labute approximate surface area is 236 Å². The number of amides is 2. The van der Waals surface area contributed by atoms with Crippen molar-refractivity contribution in [3.05, 3.63) is 63.6 Å². The van der Waals surface area contributed by atoms with Crippen molar-refractivity contribution in [3.63, 3.8) is 0 Å². The summed E-state index contributed by atoms with van der Waals surface area (Å²) >= 11 is 12.5. The van der Waals surface area contributed by atoms with Gasteiger partial charge < -0.3 is 10.2 Å². The third-order valence-electron chi connectivity index (χ3n) is 6.97. The number of carbonyl (C=O) groups excluding carboxylic acids is 2. The second-order valence-corrected chi connectivity index (χ2v) is 12.9. The summed E-state index contributed by atoms with van der Waals surface area (Å²) in [6.45, 7) is 5.53. The fourth-order valence-electron chi connectivity index (χ4n) is 4.76. The maximum Gasteiger partial charge on any atom is 0.244 e. The topological polar surface area (TPSA) is 86.8 Å². The molecule has 2 aromatic carbocycles. The van der Waals surface area contributed by atoms with Crippen LogP contribution in [0.1, 0.15) is 69.9 Å². The fraction of sp³-hybridized carbons (Fsp3) is 0.500. The monoisotopic (exact) mass is 581 g/mol. The number of carbonyl (C=O) groups is 2. The van der Waals surface area contributed by atoms with Crippen LogP contribution in [0.2, 0.25) is 10.0 Å². The Morgan fingerprint density at radius 1 is 1.05 bits per heavy atom. The number of hydrogen-bond acceptors (Lipinski definition) is 4. The van der Waals surface area contributed by atoms with Crippen LogP contribution in [0.25, 0.3) is 0 Å². The zero-order valence-electron chi connectivity index (χ0n) is 22.4. The van der Waals surface area contributed by atoms with Gasteiger partial charge in [0.25, 0.3) is 0 Å². The molecule has 1 atom stereocenters. The number of nitrogens with zero attached hydrogens (tertiary/aromatic N) is 2. The molecule has 2 aromatic rings. The molecule has 3 rings (SSSR count). The van der Waals surface area contributed by atoms with E-state index < -0.39 is 28.5 Å². The molecule has 0 aromatic heterocycles. The molecular formula is C28H37Cl2N3O4S. The molecule has 1 aliphatic carbocycles. The summed E-state index contributed by atoms with van der Waals surface area (Å²) in [5, 5.41) is 3.91. The first kappa shape index (κ1) is 30.3. The van der Waals surface area contributed by atoms with Crippen molar-refractivity contribution in [2.75, 3.05) is 17.1 Å². The molecule has 0 radical (unpaired) electrons. The predicted octanol–water partition coefficient (Wildman–Crippen LogP) is 5.75. The van der Waals surface area contributed by atoms with E-state index in [1.54, 1.807) is 30.3 Å². The van der Waals surface area contributed by atoms with Gasteiger partial charge in [-0.05, 0) is 60.6 Å². The van der Waals surface area contributed by atoms with Gasteiger partial charge in [-0.15, -0.1) is 0 Å². The van der Waals surface area contributed by atoms with E-state index in [0.717, 1.165) is 41.8 Å². The van der Waals surface area contributed by atoms with Crippen molar-refractivity contribution >= 4 is 50.7 Å². The Bertz CT molecular complexity index is 1230. The maximum atomic E-state index is 13.8. The normalized spacial score (nSPS) is 14.9. The van der Waals surface area contributed by atoms with Gasteiger partial charge in [-0.3, -0.25) is 13.9 Å². The van der Waals surface area contributed by atoms with Crippen LogP contribution in [0, 0.1) is 0 Å². The van der Waals surface area contributed by atoms with Crippen molar-refractivity contribution in [2.45, 2.75) is 77.4 Å². The van der Waals surface area contributed by atoms with Crippen molar-refractivity contribution in [2.24, 2.45) is 0 Å². The average molecular weight is 583 g/mol. The van der Waals surface area contributed by atoms with Gasteiger partial charge in [-0.1, -0.05) is 75.0 Å². The van der Waals surface area contributed by atoms with E-state index >= 15 is 0 Å². The van der Waals surface area contributed by atoms with Gasteiger partial charge in [-0.25, -0.2) is 8.42 Å². The van der Waals surface area contributed by atoms with E-state index in [4.69, 9.17) is 23.2 Å². The highest BCUT2D eigenvalue weighted by Crippen LogP contribution is 2.26. The highest BCUT2D eigenvalue weighted by atomic mass is 35.5. The summed E-state index contributed by atoms with van der Waals surface area (Å²) < 4.78 is 26.7. The fourth-order valence-corrected chi connectivity index (χ4v) is 6.08. The third-order valence-corrected chi connectivity index (χ3v) is 8.70. The molecule has 0 unspecified atom stereocenters. The standard InChI is InChI=1S/C28H37Cl2N3O4S/c1-5-26(28(35)31-23-8-6-7-9-23)32(17-21-10-13-22(29)16-25(21)30)27(34)18-33(38(4,36)37)24-14-11-20(12-15-24)19(2)3/h10-16,19,23,26H,5-9,17-18H2,1-4H3,(H,31,35)/t26-/m1/s1. The van der Waals surface area contributed by atoms with Gasteiger partial charge in [0.1, 0.15) is 12.6 Å². The predicted molar refractivity (Wildman–Crippen MR) is 154 cm³/mol. The number of nitrogens with one attached hydrogen (secondary N) is 1. The zero-order valence-corrected chi connectivity index (χ0v) is 24.7. The number of sulfonamides is 1. The number of anilines is 1.